The highest BCUT2D eigenvalue weighted by molar-refractivity contribution is 5.88. The van der Waals surface area contributed by atoms with Gasteiger partial charge in [-0.05, 0) is 86.0 Å². The molecule has 1 nitrogen and oxygen atoms in total. The predicted molar refractivity (Wildman–Crippen MR) is 170 cm³/mol. The van der Waals surface area contributed by atoms with Crippen LogP contribution in [-0.2, 0) is 5.41 Å². The third-order valence-corrected chi connectivity index (χ3v) is 8.26. The zero-order chi connectivity index (χ0) is 27.1. The zero-order valence-electron chi connectivity index (χ0n) is 22.9. The smallest absolute Gasteiger partial charge is 0.0390 e. The minimum absolute atomic E-state index is 0.0655. The van der Waals surface area contributed by atoms with Gasteiger partial charge in [-0.1, -0.05) is 129 Å². The summed E-state index contributed by atoms with van der Waals surface area (Å²) in [6, 6.07) is 52.4. The molecule has 0 aromatic heterocycles. The van der Waals surface area contributed by atoms with E-state index in [0.29, 0.717) is 0 Å². The molecule has 0 unspecified atom stereocenters. The van der Waals surface area contributed by atoms with E-state index in [1.165, 1.54) is 55.6 Å². The quantitative estimate of drug-likeness (QED) is 0.242. The zero-order valence-corrected chi connectivity index (χ0v) is 22.9. The van der Waals surface area contributed by atoms with Gasteiger partial charge in [-0.25, -0.2) is 0 Å². The largest absolute Gasteiger partial charge is 0.355 e. The molecule has 0 saturated carbocycles. The molecule has 0 fully saturated rings. The van der Waals surface area contributed by atoms with Crippen LogP contribution in [0.25, 0.3) is 44.5 Å². The lowest BCUT2D eigenvalue weighted by Gasteiger charge is -2.22. The molecule has 0 aliphatic heterocycles. The number of benzene rings is 6. The summed E-state index contributed by atoms with van der Waals surface area (Å²) in [6.07, 6.45) is 0. The van der Waals surface area contributed by atoms with Gasteiger partial charge in [-0.2, -0.15) is 0 Å². The van der Waals surface area contributed by atoms with E-state index in [4.69, 9.17) is 0 Å². The third-order valence-electron chi connectivity index (χ3n) is 8.26. The average molecular weight is 514 g/mol. The molecule has 1 N–H and O–H groups in total. The van der Waals surface area contributed by atoms with Crippen molar-refractivity contribution in [2.45, 2.75) is 19.3 Å². The highest BCUT2D eigenvalue weighted by Crippen LogP contribution is 2.50. The fourth-order valence-corrected chi connectivity index (χ4v) is 6.16. The summed E-state index contributed by atoms with van der Waals surface area (Å²) in [7, 11) is 0. The van der Waals surface area contributed by atoms with Gasteiger partial charge in [0.05, 0.1) is 0 Å². The Morgan fingerprint density at radius 3 is 1.57 bits per heavy atom. The van der Waals surface area contributed by atoms with Crippen LogP contribution >= 0.6 is 0 Å². The van der Waals surface area contributed by atoms with Crippen molar-refractivity contribution in [2.24, 2.45) is 0 Å². The fraction of sp³-hybridized carbons (Fsp3) is 0.0769. The van der Waals surface area contributed by atoms with E-state index in [9.17, 15) is 0 Å². The van der Waals surface area contributed by atoms with Crippen molar-refractivity contribution in [2.75, 3.05) is 5.32 Å². The molecule has 192 valence electrons. The summed E-state index contributed by atoms with van der Waals surface area (Å²) >= 11 is 0. The fourth-order valence-electron chi connectivity index (χ4n) is 6.16. The normalized spacial score (nSPS) is 12.9. The van der Waals surface area contributed by atoms with Crippen LogP contribution in [0.2, 0.25) is 0 Å². The Bertz CT molecular complexity index is 1820. The average Bonchev–Trinajstić information content (AvgIpc) is 3.24. The molecule has 0 radical (unpaired) electrons. The van der Waals surface area contributed by atoms with E-state index in [2.05, 4.69) is 165 Å². The second-order valence-electron chi connectivity index (χ2n) is 11.1. The number of anilines is 2. The first-order chi connectivity index (χ1) is 19.6. The van der Waals surface area contributed by atoms with Crippen LogP contribution in [0, 0.1) is 0 Å². The van der Waals surface area contributed by atoms with Gasteiger partial charge in [0, 0.05) is 16.8 Å². The Morgan fingerprint density at radius 1 is 0.375 bits per heavy atom. The maximum absolute atomic E-state index is 3.72. The van der Waals surface area contributed by atoms with Crippen molar-refractivity contribution >= 4 is 11.4 Å². The third kappa shape index (κ3) is 4.21. The summed E-state index contributed by atoms with van der Waals surface area (Å²) < 4.78 is 0. The van der Waals surface area contributed by atoms with Crippen LogP contribution in [0.3, 0.4) is 0 Å². The standard InChI is InChI=1S/C39H31N/c1-39(2)37-23-18-30(27-12-6-3-7-13-27)24-36(37)34-22-20-32(26-38(34)39)40-31-19-21-33(28-14-8-4-9-15-28)35(25-31)29-16-10-5-11-17-29/h3-26,40H,1-2H3. The Kier molecular flexibility index (Phi) is 5.86. The van der Waals surface area contributed by atoms with E-state index >= 15 is 0 Å². The van der Waals surface area contributed by atoms with Gasteiger partial charge in [-0.15, -0.1) is 0 Å². The van der Waals surface area contributed by atoms with Crippen molar-refractivity contribution in [3.63, 3.8) is 0 Å². The summed E-state index contributed by atoms with van der Waals surface area (Å²) in [5.41, 5.74) is 14.9. The van der Waals surface area contributed by atoms with Crippen molar-refractivity contribution in [1.29, 1.82) is 0 Å². The van der Waals surface area contributed by atoms with Gasteiger partial charge >= 0.3 is 0 Å². The van der Waals surface area contributed by atoms with E-state index in [-0.39, 0.29) is 5.41 Å². The van der Waals surface area contributed by atoms with Crippen molar-refractivity contribution in [1.82, 2.24) is 0 Å². The second kappa shape index (κ2) is 9.70. The van der Waals surface area contributed by atoms with E-state index in [1.807, 2.05) is 0 Å². The maximum Gasteiger partial charge on any atom is 0.0390 e. The van der Waals surface area contributed by atoms with E-state index in [1.54, 1.807) is 0 Å². The summed E-state index contributed by atoms with van der Waals surface area (Å²) in [5.74, 6) is 0. The minimum Gasteiger partial charge on any atom is -0.355 e. The number of fused-ring (bicyclic) bond motifs is 3. The van der Waals surface area contributed by atoms with E-state index < -0.39 is 0 Å². The molecule has 1 aliphatic rings. The molecule has 0 amide bonds. The summed E-state index contributed by atoms with van der Waals surface area (Å²) in [5, 5.41) is 3.72. The van der Waals surface area contributed by atoms with Crippen molar-refractivity contribution in [3.8, 4) is 44.5 Å². The lowest BCUT2D eigenvalue weighted by Crippen LogP contribution is -2.15. The monoisotopic (exact) mass is 513 g/mol. The van der Waals surface area contributed by atoms with Crippen LogP contribution in [0.5, 0.6) is 0 Å². The highest BCUT2D eigenvalue weighted by atomic mass is 14.9. The van der Waals surface area contributed by atoms with Crippen LogP contribution in [0.4, 0.5) is 11.4 Å². The lowest BCUT2D eigenvalue weighted by molar-refractivity contribution is 0.660. The first kappa shape index (κ1) is 24.2. The Hall–Kier alpha value is -4.88. The number of hydrogen-bond acceptors (Lipinski definition) is 1. The number of hydrogen-bond donors (Lipinski definition) is 1. The van der Waals surface area contributed by atoms with Crippen LogP contribution in [0.1, 0.15) is 25.0 Å². The molecule has 0 spiro atoms. The first-order valence-corrected chi connectivity index (χ1v) is 13.9. The summed E-state index contributed by atoms with van der Waals surface area (Å²) in [6.45, 7) is 4.68. The van der Waals surface area contributed by atoms with Crippen molar-refractivity contribution in [3.05, 3.63) is 157 Å². The maximum atomic E-state index is 3.72. The van der Waals surface area contributed by atoms with Gasteiger partial charge in [0.1, 0.15) is 0 Å². The predicted octanol–water partition coefficient (Wildman–Crippen LogP) is 10.7. The first-order valence-electron chi connectivity index (χ1n) is 13.9. The topological polar surface area (TPSA) is 12.0 Å². The molecule has 6 aromatic carbocycles. The van der Waals surface area contributed by atoms with Gasteiger partial charge in [0.25, 0.3) is 0 Å². The molecule has 40 heavy (non-hydrogen) atoms. The van der Waals surface area contributed by atoms with Gasteiger partial charge in [0.15, 0.2) is 0 Å². The number of rotatable bonds is 5. The number of nitrogens with one attached hydrogen (secondary N) is 1. The van der Waals surface area contributed by atoms with Gasteiger partial charge in [0.2, 0.25) is 0 Å². The molecule has 0 saturated heterocycles. The lowest BCUT2D eigenvalue weighted by atomic mass is 9.82. The van der Waals surface area contributed by atoms with Gasteiger partial charge in [-0.3, -0.25) is 0 Å². The molecule has 1 aliphatic carbocycles. The molecular formula is C39H31N. The SMILES string of the molecule is CC1(C)c2ccc(-c3ccccc3)cc2-c2ccc(Nc3ccc(-c4ccccc4)c(-c4ccccc4)c3)cc21. The van der Waals surface area contributed by atoms with Crippen LogP contribution in [0.15, 0.2) is 146 Å². The van der Waals surface area contributed by atoms with Crippen molar-refractivity contribution < 1.29 is 0 Å². The molecule has 7 rings (SSSR count). The Labute approximate surface area is 236 Å². The second-order valence-corrected chi connectivity index (χ2v) is 11.1. The highest BCUT2D eigenvalue weighted by Gasteiger charge is 2.35. The Balaban J connectivity index is 1.26. The molecule has 1 heteroatoms. The minimum atomic E-state index is -0.0655. The molecule has 0 heterocycles. The van der Waals surface area contributed by atoms with Gasteiger partial charge < -0.3 is 5.32 Å². The van der Waals surface area contributed by atoms with E-state index in [0.717, 1.165) is 11.4 Å². The van der Waals surface area contributed by atoms with Crippen LogP contribution in [-0.4, -0.2) is 0 Å². The molecular weight excluding hydrogens is 482 g/mol. The molecule has 0 atom stereocenters. The van der Waals surface area contributed by atoms with Crippen LogP contribution < -0.4 is 5.32 Å². The Morgan fingerprint density at radius 2 is 0.925 bits per heavy atom. The molecule has 6 aromatic rings. The summed E-state index contributed by atoms with van der Waals surface area (Å²) in [4.78, 5) is 0. The molecule has 0 bridgehead atoms.